The third kappa shape index (κ3) is 3.63. The molecule has 0 radical (unpaired) electrons. The molecule has 2 aromatic rings. The first-order chi connectivity index (χ1) is 9.91. The predicted molar refractivity (Wildman–Crippen MR) is 70.1 cm³/mol. The van der Waals surface area contributed by atoms with E-state index in [9.17, 15) is 13.2 Å². The van der Waals surface area contributed by atoms with Gasteiger partial charge in [0.15, 0.2) is 11.0 Å². The molecule has 0 spiro atoms. The van der Waals surface area contributed by atoms with Gasteiger partial charge in [0.05, 0.1) is 5.56 Å². The van der Waals surface area contributed by atoms with Crippen LogP contribution in [0.25, 0.3) is 0 Å². The number of oxime groups is 1. The van der Waals surface area contributed by atoms with Crippen molar-refractivity contribution in [3.05, 3.63) is 47.8 Å². The van der Waals surface area contributed by atoms with Gasteiger partial charge in [0.2, 0.25) is 0 Å². The number of nitrogens with two attached hydrogens (primary N) is 1. The van der Waals surface area contributed by atoms with E-state index in [4.69, 9.17) is 10.9 Å². The molecule has 1 aromatic carbocycles. The lowest BCUT2D eigenvalue weighted by Crippen LogP contribution is -2.20. The summed E-state index contributed by atoms with van der Waals surface area (Å²) < 4.78 is 39.1. The lowest BCUT2D eigenvalue weighted by molar-refractivity contribution is -0.137. The minimum Gasteiger partial charge on any atom is -0.409 e. The lowest BCUT2D eigenvalue weighted by atomic mass is 10.1. The molecule has 9 heteroatoms. The van der Waals surface area contributed by atoms with Crippen LogP contribution in [0.5, 0.6) is 0 Å². The van der Waals surface area contributed by atoms with Crippen molar-refractivity contribution in [3.8, 4) is 0 Å². The minimum atomic E-state index is -4.63. The molecule has 1 aromatic heterocycles. The van der Waals surface area contributed by atoms with Crippen LogP contribution in [0.1, 0.15) is 11.1 Å². The summed E-state index contributed by atoms with van der Waals surface area (Å²) in [6.07, 6.45) is -1.64. The first-order valence-corrected chi connectivity index (χ1v) is 6.37. The topological polar surface area (TPSA) is 84.4 Å². The molecule has 21 heavy (non-hydrogen) atoms. The maximum atomic E-state index is 13.0. The quantitative estimate of drug-likeness (QED) is 0.299. The van der Waals surface area contributed by atoms with E-state index in [1.54, 1.807) is 6.07 Å². The molecule has 0 aliphatic heterocycles. The van der Waals surface area contributed by atoms with Gasteiger partial charge in [-0.05, 0) is 36.0 Å². The molecular formula is C12H9F3N4OS. The van der Waals surface area contributed by atoms with Crippen molar-refractivity contribution in [1.82, 2.24) is 9.97 Å². The van der Waals surface area contributed by atoms with Crippen LogP contribution in [-0.2, 0) is 6.18 Å². The summed E-state index contributed by atoms with van der Waals surface area (Å²) in [6, 6.07) is 5.08. The van der Waals surface area contributed by atoms with Gasteiger partial charge in [-0.1, -0.05) is 5.16 Å². The highest BCUT2D eigenvalue weighted by molar-refractivity contribution is 7.99. The van der Waals surface area contributed by atoms with Crippen LogP contribution in [0, 0.1) is 0 Å². The molecule has 2 rings (SSSR count). The van der Waals surface area contributed by atoms with E-state index >= 15 is 0 Å². The number of rotatable bonds is 3. The molecule has 0 aliphatic rings. The van der Waals surface area contributed by atoms with Gasteiger partial charge in [0, 0.05) is 22.9 Å². The van der Waals surface area contributed by atoms with Crippen molar-refractivity contribution in [1.29, 1.82) is 0 Å². The van der Waals surface area contributed by atoms with E-state index in [1.165, 1.54) is 18.5 Å². The van der Waals surface area contributed by atoms with Gasteiger partial charge in [-0.25, -0.2) is 9.97 Å². The summed E-state index contributed by atoms with van der Waals surface area (Å²) in [5.41, 5.74) is 3.89. The first kappa shape index (κ1) is 15.1. The van der Waals surface area contributed by atoms with Crippen LogP contribution in [0.2, 0.25) is 0 Å². The van der Waals surface area contributed by atoms with Crippen LogP contribution < -0.4 is 5.73 Å². The SMILES string of the molecule is N/C(=N\O)c1ccc(Sc2ncccn2)cc1C(F)(F)F. The second kappa shape index (κ2) is 6.00. The average Bonchev–Trinajstić information content (AvgIpc) is 2.46. The third-order valence-electron chi connectivity index (χ3n) is 2.43. The summed E-state index contributed by atoms with van der Waals surface area (Å²) in [4.78, 5) is 8.14. The summed E-state index contributed by atoms with van der Waals surface area (Å²) in [7, 11) is 0. The molecule has 0 unspecified atom stereocenters. The van der Waals surface area contributed by atoms with Gasteiger partial charge in [-0.3, -0.25) is 0 Å². The van der Waals surface area contributed by atoms with Crippen molar-refractivity contribution in [3.63, 3.8) is 0 Å². The molecule has 3 N–H and O–H groups in total. The molecule has 0 aliphatic carbocycles. The largest absolute Gasteiger partial charge is 0.417 e. The Morgan fingerprint density at radius 1 is 1.24 bits per heavy atom. The number of alkyl halides is 3. The number of aromatic nitrogens is 2. The number of hydrogen-bond acceptors (Lipinski definition) is 5. The number of halogens is 3. The van der Waals surface area contributed by atoms with E-state index in [1.807, 2.05) is 0 Å². The van der Waals surface area contributed by atoms with Crippen molar-refractivity contribution in [2.75, 3.05) is 0 Å². The molecule has 0 saturated heterocycles. The van der Waals surface area contributed by atoms with Gasteiger partial charge >= 0.3 is 6.18 Å². The fourth-order valence-corrected chi connectivity index (χ4v) is 2.29. The first-order valence-electron chi connectivity index (χ1n) is 5.56. The maximum absolute atomic E-state index is 13.0. The highest BCUT2D eigenvalue weighted by Gasteiger charge is 2.34. The van der Waals surface area contributed by atoms with Crippen molar-refractivity contribution < 1.29 is 18.4 Å². The number of hydrogen-bond donors (Lipinski definition) is 2. The van der Waals surface area contributed by atoms with Crippen molar-refractivity contribution >= 4 is 17.6 Å². The monoisotopic (exact) mass is 314 g/mol. The Morgan fingerprint density at radius 2 is 1.90 bits per heavy atom. The summed E-state index contributed by atoms with van der Waals surface area (Å²) in [5, 5.41) is 11.5. The second-order valence-electron chi connectivity index (χ2n) is 3.82. The number of benzene rings is 1. The van der Waals surface area contributed by atoms with Gasteiger partial charge in [0.1, 0.15) is 0 Å². The standard InChI is InChI=1S/C12H9F3N4OS/c13-12(14,15)9-6-7(2-3-8(9)10(16)19-20)21-11-17-4-1-5-18-11/h1-6,20H,(H2,16,19). The fraction of sp³-hybridized carbons (Fsp3) is 0.0833. The van der Waals surface area contributed by atoms with E-state index in [2.05, 4.69) is 15.1 Å². The third-order valence-corrected chi connectivity index (χ3v) is 3.31. The second-order valence-corrected chi connectivity index (χ2v) is 4.86. The Bertz CT molecular complexity index is 661. The van der Waals surface area contributed by atoms with Gasteiger partial charge in [0.25, 0.3) is 0 Å². The molecule has 0 fully saturated rings. The molecule has 0 amide bonds. The van der Waals surface area contributed by atoms with Crippen LogP contribution in [0.3, 0.4) is 0 Å². The Hall–Kier alpha value is -2.29. The highest BCUT2D eigenvalue weighted by Crippen LogP contribution is 2.35. The molecular weight excluding hydrogens is 305 g/mol. The zero-order valence-electron chi connectivity index (χ0n) is 10.4. The van der Waals surface area contributed by atoms with Gasteiger partial charge < -0.3 is 10.9 Å². The molecule has 0 atom stereocenters. The molecule has 0 saturated carbocycles. The number of amidine groups is 1. The molecule has 110 valence electrons. The van der Waals surface area contributed by atoms with Crippen LogP contribution in [-0.4, -0.2) is 21.0 Å². The Kier molecular flexibility index (Phi) is 4.32. The van der Waals surface area contributed by atoms with Crippen molar-refractivity contribution in [2.24, 2.45) is 10.9 Å². The fourth-order valence-electron chi connectivity index (χ4n) is 1.54. The van der Waals surface area contributed by atoms with E-state index in [-0.39, 0.29) is 5.56 Å². The van der Waals surface area contributed by atoms with E-state index in [0.717, 1.165) is 23.9 Å². The highest BCUT2D eigenvalue weighted by atomic mass is 32.2. The normalized spacial score (nSPS) is 12.4. The predicted octanol–water partition coefficient (Wildman–Crippen LogP) is 2.74. The lowest BCUT2D eigenvalue weighted by Gasteiger charge is -2.13. The summed E-state index contributed by atoms with van der Waals surface area (Å²) in [5.74, 6) is -0.602. The van der Waals surface area contributed by atoms with E-state index < -0.39 is 17.6 Å². The zero-order valence-corrected chi connectivity index (χ0v) is 11.2. The van der Waals surface area contributed by atoms with Crippen molar-refractivity contribution in [2.45, 2.75) is 16.2 Å². The molecule has 5 nitrogen and oxygen atoms in total. The average molecular weight is 314 g/mol. The molecule has 0 bridgehead atoms. The number of nitrogens with zero attached hydrogens (tertiary/aromatic N) is 3. The van der Waals surface area contributed by atoms with Crippen LogP contribution in [0.4, 0.5) is 13.2 Å². The van der Waals surface area contributed by atoms with Crippen LogP contribution in [0.15, 0.2) is 51.9 Å². The maximum Gasteiger partial charge on any atom is 0.417 e. The van der Waals surface area contributed by atoms with Crippen LogP contribution >= 0.6 is 11.8 Å². The van der Waals surface area contributed by atoms with Gasteiger partial charge in [-0.15, -0.1) is 0 Å². The summed E-state index contributed by atoms with van der Waals surface area (Å²) >= 11 is 0.980. The molecule has 1 heterocycles. The Morgan fingerprint density at radius 3 is 2.48 bits per heavy atom. The van der Waals surface area contributed by atoms with E-state index in [0.29, 0.717) is 10.1 Å². The Labute approximate surface area is 121 Å². The zero-order chi connectivity index (χ0) is 15.5. The minimum absolute atomic E-state index is 0.294. The van der Waals surface area contributed by atoms with Gasteiger partial charge in [-0.2, -0.15) is 13.2 Å². The summed E-state index contributed by atoms with van der Waals surface area (Å²) in [6.45, 7) is 0. The smallest absolute Gasteiger partial charge is 0.409 e. The Balaban J connectivity index is 2.43.